The molecule has 4 heteroatoms. The summed E-state index contributed by atoms with van der Waals surface area (Å²) in [6.45, 7) is 6.40. The number of hydrogen-bond acceptors (Lipinski definition) is 2. The minimum Gasteiger partial charge on any atom is -0.312 e. The highest BCUT2D eigenvalue weighted by Crippen LogP contribution is 2.33. The van der Waals surface area contributed by atoms with Crippen LogP contribution in [0.1, 0.15) is 19.4 Å². The fraction of sp³-hybridized carbons (Fsp3) is 0.294. The van der Waals surface area contributed by atoms with E-state index in [9.17, 15) is 0 Å². The van der Waals surface area contributed by atoms with Crippen LogP contribution in [0.2, 0.25) is 0 Å². The molecule has 0 heterocycles. The van der Waals surface area contributed by atoms with E-state index < -0.39 is 0 Å². The first-order valence-electron chi connectivity index (χ1n) is 6.97. The van der Waals surface area contributed by atoms with Crippen LogP contribution in [0, 0.1) is 5.92 Å². The van der Waals surface area contributed by atoms with Crippen molar-refractivity contribution in [1.29, 1.82) is 0 Å². The van der Waals surface area contributed by atoms with Gasteiger partial charge in [-0.1, -0.05) is 63.5 Å². The van der Waals surface area contributed by atoms with E-state index in [1.165, 1.54) is 15.4 Å². The van der Waals surface area contributed by atoms with Crippen LogP contribution in [0.4, 0.5) is 0 Å². The van der Waals surface area contributed by atoms with E-state index in [1.54, 1.807) is 11.8 Å². The molecule has 0 atom stereocenters. The monoisotopic (exact) mass is 427 g/mol. The zero-order valence-electron chi connectivity index (χ0n) is 12.2. The van der Waals surface area contributed by atoms with Crippen LogP contribution in [0.15, 0.2) is 61.2 Å². The van der Waals surface area contributed by atoms with Crippen LogP contribution in [0.5, 0.6) is 0 Å². The van der Waals surface area contributed by atoms with Gasteiger partial charge in [-0.3, -0.25) is 0 Å². The molecule has 0 fully saturated rings. The first-order chi connectivity index (χ1) is 10.0. The van der Waals surface area contributed by atoms with Crippen molar-refractivity contribution in [2.75, 3.05) is 6.54 Å². The maximum absolute atomic E-state index is 3.57. The van der Waals surface area contributed by atoms with Gasteiger partial charge in [-0.25, -0.2) is 0 Å². The highest BCUT2D eigenvalue weighted by molar-refractivity contribution is 9.10. The van der Waals surface area contributed by atoms with Gasteiger partial charge in [0.15, 0.2) is 0 Å². The molecule has 0 unspecified atom stereocenters. The first kappa shape index (κ1) is 17.1. The Hall–Kier alpha value is -0.290. The summed E-state index contributed by atoms with van der Waals surface area (Å²) in [6.07, 6.45) is 0. The van der Waals surface area contributed by atoms with Crippen molar-refractivity contribution in [3.63, 3.8) is 0 Å². The van der Waals surface area contributed by atoms with E-state index in [0.717, 1.165) is 22.0 Å². The lowest BCUT2D eigenvalue weighted by molar-refractivity contribution is 0.550. The highest BCUT2D eigenvalue weighted by Gasteiger charge is 2.06. The van der Waals surface area contributed by atoms with E-state index in [4.69, 9.17) is 0 Å². The van der Waals surface area contributed by atoms with E-state index in [0.29, 0.717) is 5.92 Å². The van der Waals surface area contributed by atoms with E-state index in [-0.39, 0.29) is 0 Å². The van der Waals surface area contributed by atoms with Crippen LogP contribution in [-0.4, -0.2) is 6.54 Å². The van der Waals surface area contributed by atoms with Gasteiger partial charge in [0.25, 0.3) is 0 Å². The van der Waals surface area contributed by atoms with Gasteiger partial charge in [0.05, 0.1) is 0 Å². The average molecular weight is 429 g/mol. The van der Waals surface area contributed by atoms with Gasteiger partial charge in [-0.2, -0.15) is 0 Å². The Labute approximate surface area is 148 Å². The molecule has 21 heavy (non-hydrogen) atoms. The van der Waals surface area contributed by atoms with Gasteiger partial charge in [-0.15, -0.1) is 0 Å². The molecule has 112 valence electrons. The molecule has 2 rings (SSSR count). The smallest absolute Gasteiger partial charge is 0.0216 e. The second kappa shape index (κ2) is 8.37. The zero-order chi connectivity index (χ0) is 15.2. The fourth-order valence-corrected chi connectivity index (χ4v) is 3.65. The van der Waals surface area contributed by atoms with Crippen LogP contribution in [0.25, 0.3) is 0 Å². The first-order valence-corrected chi connectivity index (χ1v) is 9.37. The van der Waals surface area contributed by atoms with Crippen molar-refractivity contribution < 1.29 is 0 Å². The van der Waals surface area contributed by atoms with Crippen molar-refractivity contribution in [2.45, 2.75) is 30.2 Å². The Morgan fingerprint density at radius 1 is 1.00 bits per heavy atom. The van der Waals surface area contributed by atoms with Gasteiger partial charge < -0.3 is 5.32 Å². The van der Waals surface area contributed by atoms with E-state index >= 15 is 0 Å². The van der Waals surface area contributed by atoms with Crippen molar-refractivity contribution in [2.24, 2.45) is 5.92 Å². The summed E-state index contributed by atoms with van der Waals surface area (Å²) in [7, 11) is 0. The van der Waals surface area contributed by atoms with Crippen LogP contribution in [0.3, 0.4) is 0 Å². The average Bonchev–Trinajstić information content (AvgIpc) is 2.43. The molecule has 0 spiro atoms. The lowest BCUT2D eigenvalue weighted by Crippen LogP contribution is -2.19. The lowest BCUT2D eigenvalue weighted by atomic mass is 10.2. The minimum atomic E-state index is 0.669. The third-order valence-corrected chi connectivity index (χ3v) is 5.07. The van der Waals surface area contributed by atoms with E-state index in [1.807, 2.05) is 0 Å². The van der Waals surface area contributed by atoms with Crippen molar-refractivity contribution in [3.8, 4) is 0 Å². The Morgan fingerprint density at radius 2 is 1.67 bits per heavy atom. The quantitative estimate of drug-likeness (QED) is 0.595. The topological polar surface area (TPSA) is 12.0 Å². The summed E-state index contributed by atoms with van der Waals surface area (Å²) >= 11 is 8.85. The van der Waals surface area contributed by atoms with Crippen LogP contribution in [-0.2, 0) is 6.54 Å². The van der Waals surface area contributed by atoms with Gasteiger partial charge in [0, 0.05) is 25.3 Å². The molecule has 1 nitrogen and oxygen atoms in total. The predicted octanol–water partition coefficient (Wildman–Crippen LogP) is 6.11. The summed E-state index contributed by atoms with van der Waals surface area (Å²) in [6, 6.07) is 14.9. The van der Waals surface area contributed by atoms with Crippen molar-refractivity contribution in [1.82, 2.24) is 5.32 Å². The van der Waals surface area contributed by atoms with E-state index in [2.05, 4.69) is 93.5 Å². The molecule has 0 aliphatic carbocycles. The summed E-state index contributed by atoms with van der Waals surface area (Å²) in [4.78, 5) is 2.55. The summed E-state index contributed by atoms with van der Waals surface area (Å²) in [5, 5.41) is 3.52. The van der Waals surface area contributed by atoms with Gasteiger partial charge in [0.2, 0.25) is 0 Å². The zero-order valence-corrected chi connectivity index (χ0v) is 16.2. The van der Waals surface area contributed by atoms with Crippen molar-refractivity contribution in [3.05, 3.63) is 57.0 Å². The summed E-state index contributed by atoms with van der Waals surface area (Å²) in [5.41, 5.74) is 1.34. The van der Waals surface area contributed by atoms with Gasteiger partial charge in [0.1, 0.15) is 0 Å². The molecule has 0 aliphatic rings. The number of rotatable bonds is 6. The molecule has 0 amide bonds. The molecule has 0 radical (unpaired) electrons. The summed E-state index contributed by atoms with van der Waals surface area (Å²) < 4.78 is 2.23. The van der Waals surface area contributed by atoms with Crippen molar-refractivity contribution >= 4 is 43.6 Å². The highest BCUT2D eigenvalue weighted by atomic mass is 79.9. The SMILES string of the molecule is CC(C)CNCc1ccc(Br)cc1Sc1ccc(Br)cc1. The maximum Gasteiger partial charge on any atom is 0.0216 e. The van der Waals surface area contributed by atoms with Gasteiger partial charge >= 0.3 is 0 Å². The molecule has 2 aromatic carbocycles. The molecule has 1 N–H and O–H groups in total. The standard InChI is InChI=1S/C17H19Br2NS/c1-12(2)10-20-11-13-3-4-15(19)9-17(13)21-16-7-5-14(18)6-8-16/h3-9,12,20H,10-11H2,1-2H3. The third-order valence-electron chi connectivity index (χ3n) is 2.94. The number of halogens is 2. The van der Waals surface area contributed by atoms with Crippen LogP contribution < -0.4 is 5.32 Å². The number of hydrogen-bond donors (Lipinski definition) is 1. The molecular formula is C17H19Br2NS. The molecule has 0 aliphatic heterocycles. The largest absolute Gasteiger partial charge is 0.312 e. The predicted molar refractivity (Wildman–Crippen MR) is 99.0 cm³/mol. The van der Waals surface area contributed by atoms with Crippen LogP contribution >= 0.6 is 43.6 Å². The Balaban J connectivity index is 2.12. The lowest BCUT2D eigenvalue weighted by Gasteiger charge is -2.12. The minimum absolute atomic E-state index is 0.669. The molecule has 0 saturated heterocycles. The fourth-order valence-electron chi connectivity index (χ4n) is 1.89. The molecular weight excluding hydrogens is 410 g/mol. The molecule has 0 bridgehead atoms. The molecule has 0 aromatic heterocycles. The third kappa shape index (κ3) is 5.78. The molecule has 2 aromatic rings. The second-order valence-electron chi connectivity index (χ2n) is 5.33. The molecule has 0 saturated carbocycles. The maximum atomic E-state index is 3.57. The Bertz CT molecular complexity index is 582. The summed E-state index contributed by atoms with van der Waals surface area (Å²) in [5.74, 6) is 0.669. The number of nitrogens with one attached hydrogen (secondary N) is 1. The normalized spacial score (nSPS) is 11.1. The van der Waals surface area contributed by atoms with Gasteiger partial charge in [-0.05, 0) is 54.4 Å². The number of benzene rings is 2. The Morgan fingerprint density at radius 3 is 2.33 bits per heavy atom. The second-order valence-corrected chi connectivity index (χ2v) is 8.28. The Kier molecular flexibility index (Phi) is 6.80.